The van der Waals surface area contributed by atoms with Crippen molar-refractivity contribution in [3.63, 3.8) is 0 Å². The zero-order valence-electron chi connectivity index (χ0n) is 11.4. The van der Waals surface area contributed by atoms with Crippen molar-refractivity contribution in [1.29, 1.82) is 0 Å². The minimum absolute atomic E-state index is 0.322. The van der Waals surface area contributed by atoms with Crippen LogP contribution >= 0.6 is 0 Å². The summed E-state index contributed by atoms with van der Waals surface area (Å²) in [7, 11) is -3.30. The molecule has 0 spiro atoms. The molecule has 20 heavy (non-hydrogen) atoms. The third-order valence-electron chi connectivity index (χ3n) is 2.86. The number of anilines is 1. The first-order valence-corrected chi connectivity index (χ1v) is 8.22. The Morgan fingerprint density at radius 2 is 2.25 bits per heavy atom. The summed E-state index contributed by atoms with van der Waals surface area (Å²) in [5.41, 5.74) is 1.36. The van der Waals surface area contributed by atoms with Gasteiger partial charge in [-0.25, -0.2) is 13.2 Å². The molecule has 1 aliphatic rings. The van der Waals surface area contributed by atoms with E-state index in [9.17, 15) is 13.2 Å². The largest absolute Gasteiger partial charge is 0.478 e. The summed E-state index contributed by atoms with van der Waals surface area (Å²) in [6.45, 7) is 2.07. The van der Waals surface area contributed by atoms with Gasteiger partial charge in [0, 0.05) is 5.69 Å². The van der Waals surface area contributed by atoms with Crippen molar-refractivity contribution in [1.82, 2.24) is 0 Å². The Labute approximate surface area is 118 Å². The average Bonchev–Trinajstić information content (AvgIpc) is 2.36. The van der Waals surface area contributed by atoms with Gasteiger partial charge in [-0.2, -0.15) is 0 Å². The van der Waals surface area contributed by atoms with Gasteiger partial charge in [0.25, 0.3) is 0 Å². The van der Waals surface area contributed by atoms with Crippen molar-refractivity contribution in [3.8, 4) is 5.75 Å². The monoisotopic (exact) mass is 299 g/mol. The van der Waals surface area contributed by atoms with Crippen LogP contribution in [0.1, 0.15) is 18.9 Å². The maximum absolute atomic E-state index is 11.6. The average molecular weight is 299 g/mol. The number of fused-ring (bicyclic) bond motifs is 1. The molecule has 1 aromatic rings. The Bertz CT molecular complexity index is 611. The van der Waals surface area contributed by atoms with Crippen molar-refractivity contribution < 1.29 is 22.7 Å². The van der Waals surface area contributed by atoms with Crippen LogP contribution in [0.4, 0.5) is 5.69 Å². The van der Waals surface area contributed by atoms with Crippen LogP contribution in [0.25, 0.3) is 0 Å². The molecule has 0 saturated heterocycles. The molecule has 0 aliphatic carbocycles. The van der Waals surface area contributed by atoms with Crippen molar-refractivity contribution in [3.05, 3.63) is 23.8 Å². The molecule has 0 saturated carbocycles. The zero-order chi connectivity index (χ0) is 14.8. The van der Waals surface area contributed by atoms with E-state index >= 15 is 0 Å². The Morgan fingerprint density at radius 3 is 2.90 bits per heavy atom. The van der Waals surface area contributed by atoms with Crippen molar-refractivity contribution in [2.45, 2.75) is 25.9 Å². The van der Waals surface area contributed by atoms with Crippen molar-refractivity contribution in [2.24, 2.45) is 0 Å². The van der Waals surface area contributed by atoms with Gasteiger partial charge in [0.15, 0.2) is 6.10 Å². The number of aryl methyl sites for hydroxylation is 1. The third kappa shape index (κ3) is 3.63. The lowest BCUT2D eigenvalue weighted by Gasteiger charge is -2.25. The number of nitrogens with one attached hydrogen (secondary N) is 1. The fourth-order valence-electron chi connectivity index (χ4n) is 2.07. The van der Waals surface area contributed by atoms with Gasteiger partial charge in [-0.05, 0) is 43.5 Å². The van der Waals surface area contributed by atoms with Gasteiger partial charge in [0.1, 0.15) is 5.75 Å². The van der Waals surface area contributed by atoms with Crippen LogP contribution in [0.15, 0.2) is 18.2 Å². The van der Waals surface area contributed by atoms with Gasteiger partial charge < -0.3 is 9.47 Å². The number of benzene rings is 1. The van der Waals surface area contributed by atoms with E-state index < -0.39 is 16.1 Å². The van der Waals surface area contributed by atoms with Gasteiger partial charge in [-0.15, -0.1) is 0 Å². The highest BCUT2D eigenvalue weighted by Gasteiger charge is 2.27. The van der Waals surface area contributed by atoms with Crippen LogP contribution in [0, 0.1) is 0 Å². The van der Waals surface area contributed by atoms with Crippen LogP contribution < -0.4 is 9.46 Å². The highest BCUT2D eigenvalue weighted by molar-refractivity contribution is 7.92. The number of hydrogen-bond acceptors (Lipinski definition) is 5. The normalized spacial score (nSPS) is 17.8. The molecule has 0 aromatic heterocycles. The van der Waals surface area contributed by atoms with Gasteiger partial charge in [0.2, 0.25) is 10.0 Å². The van der Waals surface area contributed by atoms with Crippen LogP contribution in [-0.4, -0.2) is 33.4 Å². The fraction of sp³-hybridized carbons (Fsp3) is 0.462. The lowest BCUT2D eigenvalue weighted by atomic mass is 10.0. The Balaban J connectivity index is 2.13. The maximum atomic E-state index is 11.6. The van der Waals surface area contributed by atoms with Gasteiger partial charge in [-0.3, -0.25) is 4.72 Å². The summed E-state index contributed by atoms with van der Waals surface area (Å²) >= 11 is 0. The number of carbonyl (C=O) groups excluding carboxylic acids is 1. The van der Waals surface area contributed by atoms with Crippen LogP contribution in [0.5, 0.6) is 5.75 Å². The summed E-state index contributed by atoms with van der Waals surface area (Å²) in [5, 5.41) is 0. The maximum Gasteiger partial charge on any atom is 0.347 e. The van der Waals surface area contributed by atoms with Crippen molar-refractivity contribution in [2.75, 3.05) is 17.6 Å². The number of hydrogen-bond donors (Lipinski definition) is 1. The van der Waals surface area contributed by atoms with Crippen LogP contribution in [-0.2, 0) is 26.0 Å². The second-order valence-electron chi connectivity index (χ2n) is 4.59. The molecule has 0 amide bonds. The molecule has 1 heterocycles. The summed E-state index contributed by atoms with van der Waals surface area (Å²) in [6.07, 6.45) is 1.67. The number of rotatable bonds is 4. The minimum atomic E-state index is -3.30. The highest BCUT2D eigenvalue weighted by atomic mass is 32.2. The van der Waals surface area contributed by atoms with E-state index in [1.807, 2.05) is 0 Å². The summed E-state index contributed by atoms with van der Waals surface area (Å²) in [5.74, 6) is 0.227. The first-order chi connectivity index (χ1) is 9.39. The molecular formula is C13H17NO5S. The molecule has 110 valence electrons. The summed E-state index contributed by atoms with van der Waals surface area (Å²) < 4.78 is 35.3. The lowest BCUT2D eigenvalue weighted by molar-refractivity contribution is -0.152. The first kappa shape index (κ1) is 14.6. The first-order valence-electron chi connectivity index (χ1n) is 6.33. The molecule has 1 unspecified atom stereocenters. The standard InChI is InChI=1S/C13H17NO5S/c1-3-18-13(15)12-6-4-9-8-10(14-20(2,16)17)5-7-11(9)19-12/h5,7-8,12,14H,3-4,6H2,1-2H3. The molecular weight excluding hydrogens is 282 g/mol. The Morgan fingerprint density at radius 1 is 1.50 bits per heavy atom. The quantitative estimate of drug-likeness (QED) is 0.848. The molecule has 6 nitrogen and oxygen atoms in total. The van der Waals surface area contributed by atoms with Gasteiger partial charge in [0.05, 0.1) is 12.9 Å². The molecule has 0 bridgehead atoms. The van der Waals surface area contributed by atoms with E-state index in [4.69, 9.17) is 9.47 Å². The number of esters is 1. The van der Waals surface area contributed by atoms with E-state index in [2.05, 4.69) is 4.72 Å². The molecule has 0 radical (unpaired) electrons. The zero-order valence-corrected chi connectivity index (χ0v) is 12.2. The van der Waals surface area contributed by atoms with E-state index in [1.54, 1.807) is 25.1 Å². The molecule has 7 heteroatoms. The predicted molar refractivity (Wildman–Crippen MR) is 74.3 cm³/mol. The Hall–Kier alpha value is -1.76. The third-order valence-corrected chi connectivity index (χ3v) is 3.46. The SMILES string of the molecule is CCOC(=O)C1CCc2cc(NS(C)(=O)=O)ccc2O1. The van der Waals surface area contributed by atoms with E-state index in [0.717, 1.165) is 11.8 Å². The number of carbonyl (C=O) groups is 1. The number of ether oxygens (including phenoxy) is 2. The number of sulfonamides is 1. The predicted octanol–water partition coefficient (Wildman–Crippen LogP) is 1.31. The molecule has 2 rings (SSSR count). The smallest absolute Gasteiger partial charge is 0.347 e. The van der Waals surface area contributed by atoms with E-state index in [-0.39, 0.29) is 5.97 Å². The van der Waals surface area contributed by atoms with E-state index in [1.165, 1.54) is 0 Å². The van der Waals surface area contributed by atoms with Crippen molar-refractivity contribution >= 4 is 21.7 Å². The second-order valence-corrected chi connectivity index (χ2v) is 6.34. The summed E-state index contributed by atoms with van der Waals surface area (Å²) in [6, 6.07) is 4.99. The lowest BCUT2D eigenvalue weighted by Crippen LogP contribution is -2.32. The molecule has 1 N–H and O–H groups in total. The van der Waals surface area contributed by atoms with Crippen LogP contribution in [0.3, 0.4) is 0 Å². The molecule has 1 aliphatic heterocycles. The van der Waals surface area contributed by atoms with Crippen LogP contribution in [0.2, 0.25) is 0 Å². The van der Waals surface area contributed by atoms with Gasteiger partial charge >= 0.3 is 5.97 Å². The molecule has 1 atom stereocenters. The topological polar surface area (TPSA) is 81.7 Å². The van der Waals surface area contributed by atoms with Gasteiger partial charge in [-0.1, -0.05) is 0 Å². The second kappa shape index (κ2) is 5.70. The fourth-order valence-corrected chi connectivity index (χ4v) is 2.62. The Kier molecular flexibility index (Phi) is 4.17. The summed E-state index contributed by atoms with van der Waals surface area (Å²) in [4.78, 5) is 11.6. The molecule has 1 aromatic carbocycles. The minimum Gasteiger partial charge on any atom is -0.478 e. The van der Waals surface area contributed by atoms with E-state index in [0.29, 0.717) is 30.9 Å². The highest BCUT2D eigenvalue weighted by Crippen LogP contribution is 2.30. The molecule has 0 fully saturated rings.